The molecule has 0 spiro atoms. The number of carbonyl (C=O) groups is 2. The van der Waals surface area contributed by atoms with Crippen molar-refractivity contribution in [3.05, 3.63) is 0 Å². The number of nitrogens with one attached hydrogen (secondary N) is 2. The Bertz CT molecular complexity index is 400. The summed E-state index contributed by atoms with van der Waals surface area (Å²) >= 11 is 0. The van der Waals surface area contributed by atoms with Gasteiger partial charge in [0.05, 0.1) is 0 Å². The Kier molecular flexibility index (Phi) is 4.22. The van der Waals surface area contributed by atoms with Crippen LogP contribution in [0.15, 0.2) is 0 Å². The van der Waals surface area contributed by atoms with E-state index in [1.54, 1.807) is 4.90 Å². The number of alkyl halides is 3. The second-order valence-electron chi connectivity index (χ2n) is 5.37. The van der Waals surface area contributed by atoms with Gasteiger partial charge in [-0.1, -0.05) is 0 Å². The molecule has 3 unspecified atom stereocenters. The second-order valence-corrected chi connectivity index (χ2v) is 5.37. The number of piperazine rings is 1. The van der Waals surface area contributed by atoms with Crippen molar-refractivity contribution in [2.75, 3.05) is 19.6 Å². The van der Waals surface area contributed by atoms with E-state index in [0.717, 1.165) is 0 Å². The van der Waals surface area contributed by atoms with E-state index < -0.39 is 24.0 Å². The third-order valence-corrected chi connectivity index (χ3v) is 3.75. The van der Waals surface area contributed by atoms with Crippen LogP contribution in [0.1, 0.15) is 19.8 Å². The lowest BCUT2D eigenvalue weighted by Gasteiger charge is -2.36. The molecule has 2 aliphatic rings. The zero-order valence-corrected chi connectivity index (χ0v) is 11.2. The van der Waals surface area contributed by atoms with Gasteiger partial charge in [-0.25, -0.2) is 0 Å². The van der Waals surface area contributed by atoms with Crippen molar-refractivity contribution in [1.82, 2.24) is 15.5 Å². The number of carbonyl (C=O) groups excluding carboxylic acids is 2. The summed E-state index contributed by atoms with van der Waals surface area (Å²) in [6, 6.07) is -1.71. The van der Waals surface area contributed by atoms with Gasteiger partial charge in [0.2, 0.25) is 11.8 Å². The van der Waals surface area contributed by atoms with Gasteiger partial charge >= 0.3 is 6.18 Å². The molecule has 20 heavy (non-hydrogen) atoms. The molecule has 2 aliphatic heterocycles. The molecule has 5 nitrogen and oxygen atoms in total. The molecule has 0 aromatic rings. The summed E-state index contributed by atoms with van der Waals surface area (Å²) in [7, 11) is 0. The van der Waals surface area contributed by atoms with Crippen LogP contribution in [0.4, 0.5) is 13.2 Å². The summed E-state index contributed by atoms with van der Waals surface area (Å²) in [5.41, 5.74) is 0. The Balaban J connectivity index is 1.97. The average Bonchev–Trinajstić information content (AvgIpc) is 2.36. The van der Waals surface area contributed by atoms with Crippen LogP contribution in [0.2, 0.25) is 0 Å². The maximum absolute atomic E-state index is 12.5. The molecule has 2 rings (SSSR count). The maximum Gasteiger partial charge on any atom is 0.408 e. The Hall–Kier alpha value is -1.31. The van der Waals surface area contributed by atoms with Crippen LogP contribution >= 0.6 is 0 Å². The summed E-state index contributed by atoms with van der Waals surface area (Å²) in [4.78, 5) is 25.5. The van der Waals surface area contributed by atoms with Crippen molar-refractivity contribution in [2.24, 2.45) is 5.92 Å². The van der Waals surface area contributed by atoms with Crippen LogP contribution in [0, 0.1) is 5.92 Å². The summed E-state index contributed by atoms with van der Waals surface area (Å²) < 4.78 is 37.6. The van der Waals surface area contributed by atoms with E-state index in [-0.39, 0.29) is 24.8 Å². The van der Waals surface area contributed by atoms with Crippen LogP contribution in [-0.4, -0.2) is 54.6 Å². The van der Waals surface area contributed by atoms with E-state index in [2.05, 4.69) is 5.32 Å². The summed E-state index contributed by atoms with van der Waals surface area (Å²) in [6.07, 6.45) is -4.74. The molecule has 0 radical (unpaired) electrons. The molecule has 0 bridgehead atoms. The largest absolute Gasteiger partial charge is 0.408 e. The second kappa shape index (κ2) is 5.59. The zero-order valence-electron chi connectivity index (χ0n) is 11.2. The van der Waals surface area contributed by atoms with Crippen LogP contribution in [0.25, 0.3) is 0 Å². The lowest BCUT2D eigenvalue weighted by atomic mass is 9.92. The van der Waals surface area contributed by atoms with E-state index in [1.807, 2.05) is 12.2 Å². The first-order chi connectivity index (χ1) is 9.29. The number of piperidine rings is 1. The van der Waals surface area contributed by atoms with Gasteiger partial charge in [-0.05, 0) is 19.8 Å². The predicted octanol–water partition coefficient (Wildman–Crippen LogP) is 0.264. The molecular weight excluding hydrogens is 275 g/mol. The number of hydrogen-bond acceptors (Lipinski definition) is 3. The van der Waals surface area contributed by atoms with E-state index in [9.17, 15) is 22.8 Å². The first-order valence-electron chi connectivity index (χ1n) is 6.68. The standard InChI is InChI=1S/C12H18F3N3O2/c1-7-6-18(5-4-16-7)11(20)8-2-3-9(12(13,14)15)17-10(8)19/h7-9,16H,2-6H2,1H3,(H,17,19). The van der Waals surface area contributed by atoms with Gasteiger partial charge in [0.15, 0.2) is 0 Å². The first kappa shape index (κ1) is 15.1. The van der Waals surface area contributed by atoms with Gasteiger partial charge < -0.3 is 15.5 Å². The van der Waals surface area contributed by atoms with Crippen molar-refractivity contribution >= 4 is 11.8 Å². The van der Waals surface area contributed by atoms with Crippen molar-refractivity contribution in [3.63, 3.8) is 0 Å². The van der Waals surface area contributed by atoms with Gasteiger partial charge in [-0.15, -0.1) is 0 Å². The predicted molar refractivity (Wildman–Crippen MR) is 64.8 cm³/mol. The first-order valence-corrected chi connectivity index (χ1v) is 6.68. The molecule has 0 aromatic heterocycles. The monoisotopic (exact) mass is 293 g/mol. The third-order valence-electron chi connectivity index (χ3n) is 3.75. The van der Waals surface area contributed by atoms with Crippen LogP contribution in [0.3, 0.4) is 0 Å². The van der Waals surface area contributed by atoms with Gasteiger partial charge in [0.25, 0.3) is 0 Å². The van der Waals surface area contributed by atoms with Gasteiger partial charge in [0.1, 0.15) is 12.0 Å². The SMILES string of the molecule is CC1CN(C(=O)C2CCC(C(F)(F)F)NC2=O)CCN1. The van der Waals surface area contributed by atoms with E-state index in [0.29, 0.717) is 19.6 Å². The van der Waals surface area contributed by atoms with Gasteiger partial charge in [-0.3, -0.25) is 9.59 Å². The molecule has 114 valence electrons. The minimum Gasteiger partial charge on any atom is -0.344 e. The number of hydrogen-bond donors (Lipinski definition) is 2. The topological polar surface area (TPSA) is 61.4 Å². The number of nitrogens with zero attached hydrogens (tertiary/aromatic N) is 1. The highest BCUT2D eigenvalue weighted by Gasteiger charge is 2.46. The highest BCUT2D eigenvalue weighted by atomic mass is 19.4. The smallest absolute Gasteiger partial charge is 0.344 e. The number of halogens is 3. The molecule has 8 heteroatoms. The number of amides is 2. The highest BCUT2D eigenvalue weighted by Crippen LogP contribution is 2.29. The van der Waals surface area contributed by atoms with E-state index >= 15 is 0 Å². The fourth-order valence-electron chi connectivity index (χ4n) is 2.64. The summed E-state index contributed by atoms with van der Waals surface area (Å²) in [5.74, 6) is -2.16. The van der Waals surface area contributed by atoms with E-state index in [4.69, 9.17) is 0 Å². The highest BCUT2D eigenvalue weighted by molar-refractivity contribution is 6.01. The summed E-state index contributed by atoms with van der Waals surface area (Å²) in [6.45, 7) is 3.51. The zero-order chi connectivity index (χ0) is 14.9. The van der Waals surface area contributed by atoms with Gasteiger partial charge in [-0.2, -0.15) is 13.2 Å². The van der Waals surface area contributed by atoms with Crippen molar-refractivity contribution in [3.8, 4) is 0 Å². The molecule has 2 amide bonds. The Morgan fingerprint density at radius 1 is 1.35 bits per heavy atom. The van der Waals surface area contributed by atoms with Crippen molar-refractivity contribution < 1.29 is 22.8 Å². The molecule has 2 fully saturated rings. The molecule has 2 saturated heterocycles. The normalized spacial score (nSPS) is 31.9. The molecule has 0 aromatic carbocycles. The molecule has 2 heterocycles. The van der Waals surface area contributed by atoms with Crippen LogP contribution < -0.4 is 10.6 Å². The minimum absolute atomic E-state index is 0.0485. The Labute approximate surface area is 114 Å². The lowest BCUT2D eigenvalue weighted by Crippen LogP contribution is -2.58. The Morgan fingerprint density at radius 3 is 2.60 bits per heavy atom. The van der Waals surface area contributed by atoms with Crippen molar-refractivity contribution in [2.45, 2.75) is 38.0 Å². The molecule has 3 atom stereocenters. The quantitative estimate of drug-likeness (QED) is 0.682. The molecule has 2 N–H and O–H groups in total. The lowest BCUT2D eigenvalue weighted by molar-refractivity contribution is -0.172. The molecule has 0 aliphatic carbocycles. The minimum atomic E-state index is -4.45. The molecular formula is C12H18F3N3O2. The van der Waals surface area contributed by atoms with Crippen molar-refractivity contribution in [1.29, 1.82) is 0 Å². The van der Waals surface area contributed by atoms with Crippen LogP contribution in [-0.2, 0) is 9.59 Å². The summed E-state index contributed by atoms with van der Waals surface area (Å²) in [5, 5.41) is 5.08. The van der Waals surface area contributed by atoms with E-state index in [1.165, 1.54) is 0 Å². The maximum atomic E-state index is 12.5. The van der Waals surface area contributed by atoms with Crippen LogP contribution in [0.5, 0.6) is 0 Å². The number of rotatable bonds is 1. The van der Waals surface area contributed by atoms with Gasteiger partial charge in [0, 0.05) is 25.7 Å². The fraction of sp³-hybridized carbons (Fsp3) is 0.833. The fourth-order valence-corrected chi connectivity index (χ4v) is 2.64. The third kappa shape index (κ3) is 3.23. The average molecular weight is 293 g/mol. The molecule has 0 saturated carbocycles. The Morgan fingerprint density at radius 2 is 2.05 bits per heavy atom.